The van der Waals surface area contributed by atoms with Crippen molar-refractivity contribution in [2.75, 3.05) is 6.61 Å². The number of carboxylic acid groups (broad SMARTS) is 1. The van der Waals surface area contributed by atoms with Crippen LogP contribution in [0.15, 0.2) is 29.4 Å². The molecule has 20 heavy (non-hydrogen) atoms. The fourth-order valence-corrected chi connectivity index (χ4v) is 1.42. The number of rotatable bonds is 7. The molecule has 6 nitrogen and oxygen atoms in total. The van der Waals surface area contributed by atoms with E-state index in [-0.39, 0.29) is 12.3 Å². The number of aryl methyl sites for hydroxylation is 1. The van der Waals surface area contributed by atoms with Gasteiger partial charge in [0, 0.05) is 0 Å². The van der Waals surface area contributed by atoms with Gasteiger partial charge in [0.05, 0.1) is 0 Å². The van der Waals surface area contributed by atoms with E-state index < -0.39 is 11.9 Å². The normalized spacial score (nSPS) is 11.0. The lowest BCUT2D eigenvalue weighted by molar-refractivity contribution is -0.129. The first-order valence-electron chi connectivity index (χ1n) is 6.31. The molecule has 0 spiro atoms. The van der Waals surface area contributed by atoms with Crippen LogP contribution in [-0.4, -0.2) is 29.3 Å². The molecular weight excluding hydrogens is 260 g/mol. The third-order valence-corrected chi connectivity index (χ3v) is 2.49. The summed E-state index contributed by atoms with van der Waals surface area (Å²) in [7, 11) is 0. The molecule has 0 saturated carbocycles. The standard InChI is InChI=1S/C14H18N2O4/c1-3-4-11-5-7-12(8-6-11)20-9-13(17)16-15-10(2)14(18)19/h5-8H,3-4,9H2,1-2H3,(H,16,17)(H,18,19). The minimum Gasteiger partial charge on any atom is -0.484 e. The second-order valence-electron chi connectivity index (χ2n) is 4.22. The van der Waals surface area contributed by atoms with Gasteiger partial charge in [0.2, 0.25) is 0 Å². The Bertz CT molecular complexity index is 494. The lowest BCUT2D eigenvalue weighted by atomic mass is 10.1. The zero-order valence-corrected chi connectivity index (χ0v) is 11.5. The van der Waals surface area contributed by atoms with Crippen LogP contribution in [0.5, 0.6) is 5.75 Å². The number of benzene rings is 1. The summed E-state index contributed by atoms with van der Waals surface area (Å²) in [6.45, 7) is 3.17. The zero-order chi connectivity index (χ0) is 15.0. The highest BCUT2D eigenvalue weighted by Crippen LogP contribution is 2.13. The largest absolute Gasteiger partial charge is 0.484 e. The third-order valence-electron chi connectivity index (χ3n) is 2.49. The number of aliphatic carboxylic acids is 1. The van der Waals surface area contributed by atoms with Gasteiger partial charge in [0.1, 0.15) is 11.5 Å². The van der Waals surface area contributed by atoms with Crippen LogP contribution in [0.2, 0.25) is 0 Å². The number of hydrazone groups is 1. The van der Waals surface area contributed by atoms with Gasteiger partial charge in [-0.05, 0) is 31.0 Å². The minimum absolute atomic E-state index is 0.192. The van der Waals surface area contributed by atoms with E-state index in [9.17, 15) is 9.59 Å². The molecule has 0 unspecified atom stereocenters. The molecule has 0 aliphatic heterocycles. The Morgan fingerprint density at radius 2 is 1.95 bits per heavy atom. The Balaban J connectivity index is 2.41. The second-order valence-corrected chi connectivity index (χ2v) is 4.22. The number of nitrogens with zero attached hydrogens (tertiary/aromatic N) is 1. The smallest absolute Gasteiger partial charge is 0.351 e. The molecule has 0 bridgehead atoms. The summed E-state index contributed by atoms with van der Waals surface area (Å²) >= 11 is 0. The number of carbonyl (C=O) groups excluding carboxylic acids is 1. The number of nitrogens with one attached hydrogen (secondary N) is 1. The molecule has 0 atom stereocenters. The second kappa shape index (κ2) is 7.93. The highest BCUT2D eigenvalue weighted by molar-refractivity contribution is 6.34. The minimum atomic E-state index is -1.18. The van der Waals surface area contributed by atoms with Crippen LogP contribution < -0.4 is 10.2 Å². The van der Waals surface area contributed by atoms with Gasteiger partial charge in [-0.25, -0.2) is 10.2 Å². The first-order chi connectivity index (χ1) is 9.52. The van der Waals surface area contributed by atoms with Crippen molar-refractivity contribution in [3.05, 3.63) is 29.8 Å². The van der Waals surface area contributed by atoms with Crippen LogP contribution in [0.25, 0.3) is 0 Å². The van der Waals surface area contributed by atoms with E-state index in [1.165, 1.54) is 12.5 Å². The van der Waals surface area contributed by atoms with E-state index in [0.29, 0.717) is 5.75 Å². The van der Waals surface area contributed by atoms with Crippen LogP contribution in [-0.2, 0) is 16.0 Å². The molecule has 108 valence electrons. The molecule has 0 heterocycles. The molecule has 0 radical (unpaired) electrons. The van der Waals surface area contributed by atoms with Crippen LogP contribution >= 0.6 is 0 Å². The maximum atomic E-state index is 11.4. The highest BCUT2D eigenvalue weighted by atomic mass is 16.5. The van der Waals surface area contributed by atoms with Gasteiger partial charge in [0.25, 0.3) is 5.91 Å². The van der Waals surface area contributed by atoms with Crippen LogP contribution in [0.4, 0.5) is 0 Å². The van der Waals surface area contributed by atoms with E-state index in [1.807, 2.05) is 12.1 Å². The van der Waals surface area contributed by atoms with E-state index in [2.05, 4.69) is 17.5 Å². The number of hydrogen-bond donors (Lipinski definition) is 2. The molecule has 6 heteroatoms. The van der Waals surface area contributed by atoms with Gasteiger partial charge < -0.3 is 9.84 Å². The summed E-state index contributed by atoms with van der Waals surface area (Å²) in [5.74, 6) is -1.11. The van der Waals surface area contributed by atoms with Crippen molar-refractivity contribution in [2.45, 2.75) is 26.7 Å². The van der Waals surface area contributed by atoms with Crippen molar-refractivity contribution in [1.82, 2.24) is 5.43 Å². The summed E-state index contributed by atoms with van der Waals surface area (Å²) in [6.07, 6.45) is 2.08. The summed E-state index contributed by atoms with van der Waals surface area (Å²) in [5.41, 5.74) is 3.13. The van der Waals surface area contributed by atoms with Crippen molar-refractivity contribution in [2.24, 2.45) is 5.10 Å². The van der Waals surface area contributed by atoms with E-state index in [4.69, 9.17) is 9.84 Å². The average Bonchev–Trinajstić information content (AvgIpc) is 2.44. The summed E-state index contributed by atoms with van der Waals surface area (Å²) in [4.78, 5) is 21.8. The molecule has 1 aromatic rings. The fourth-order valence-electron chi connectivity index (χ4n) is 1.42. The van der Waals surface area contributed by atoms with Crippen molar-refractivity contribution >= 4 is 17.6 Å². The molecular formula is C14H18N2O4. The highest BCUT2D eigenvalue weighted by Gasteiger charge is 2.05. The molecule has 0 fully saturated rings. The van der Waals surface area contributed by atoms with Crippen LogP contribution in [0.3, 0.4) is 0 Å². The molecule has 1 amide bonds. The van der Waals surface area contributed by atoms with Crippen LogP contribution in [0, 0.1) is 0 Å². The Morgan fingerprint density at radius 1 is 1.30 bits per heavy atom. The molecule has 0 aliphatic rings. The van der Waals surface area contributed by atoms with E-state index in [1.54, 1.807) is 12.1 Å². The Labute approximate surface area is 117 Å². The lowest BCUT2D eigenvalue weighted by Gasteiger charge is -2.06. The first-order valence-corrected chi connectivity index (χ1v) is 6.31. The van der Waals surface area contributed by atoms with Gasteiger partial charge in [-0.3, -0.25) is 4.79 Å². The number of carboxylic acids is 1. The van der Waals surface area contributed by atoms with Gasteiger partial charge in [-0.15, -0.1) is 0 Å². The molecule has 0 aromatic heterocycles. The van der Waals surface area contributed by atoms with Gasteiger partial charge in [0.15, 0.2) is 6.61 Å². The maximum absolute atomic E-state index is 11.4. The molecule has 0 saturated heterocycles. The number of amides is 1. The Hall–Kier alpha value is -2.37. The number of hydrogen-bond acceptors (Lipinski definition) is 4. The SMILES string of the molecule is CCCc1ccc(OCC(=O)NN=C(C)C(=O)O)cc1. The van der Waals surface area contributed by atoms with E-state index in [0.717, 1.165) is 12.8 Å². The monoisotopic (exact) mass is 278 g/mol. The quantitative estimate of drug-likeness (QED) is 0.585. The van der Waals surface area contributed by atoms with Crippen molar-refractivity contribution in [1.29, 1.82) is 0 Å². The zero-order valence-electron chi connectivity index (χ0n) is 11.5. The number of carbonyl (C=O) groups is 2. The topological polar surface area (TPSA) is 88.0 Å². The summed E-state index contributed by atoms with van der Waals surface area (Å²) in [5, 5.41) is 12.0. The Morgan fingerprint density at radius 3 is 2.50 bits per heavy atom. The molecule has 1 aromatic carbocycles. The van der Waals surface area contributed by atoms with Gasteiger partial charge >= 0.3 is 5.97 Å². The average molecular weight is 278 g/mol. The van der Waals surface area contributed by atoms with Crippen molar-refractivity contribution < 1.29 is 19.4 Å². The maximum Gasteiger partial charge on any atom is 0.351 e. The number of ether oxygens (including phenoxy) is 1. The van der Waals surface area contributed by atoms with E-state index >= 15 is 0 Å². The molecule has 1 rings (SSSR count). The molecule has 0 aliphatic carbocycles. The van der Waals surface area contributed by atoms with Gasteiger partial charge in [-0.1, -0.05) is 25.5 Å². The molecule has 2 N–H and O–H groups in total. The first kappa shape index (κ1) is 15.7. The predicted molar refractivity (Wildman–Crippen MR) is 74.8 cm³/mol. The van der Waals surface area contributed by atoms with Gasteiger partial charge in [-0.2, -0.15) is 5.10 Å². The van der Waals surface area contributed by atoms with Crippen molar-refractivity contribution in [3.63, 3.8) is 0 Å². The Kier molecular flexibility index (Phi) is 6.22. The predicted octanol–water partition coefficient (Wildman–Crippen LogP) is 1.59. The van der Waals surface area contributed by atoms with Crippen molar-refractivity contribution in [3.8, 4) is 5.75 Å². The summed E-state index contributed by atoms with van der Waals surface area (Å²) in [6, 6.07) is 7.49. The third kappa shape index (κ3) is 5.51. The fraction of sp³-hybridized carbons (Fsp3) is 0.357. The van der Waals surface area contributed by atoms with Crippen LogP contribution in [0.1, 0.15) is 25.8 Å². The lowest BCUT2D eigenvalue weighted by Crippen LogP contribution is -2.26. The summed E-state index contributed by atoms with van der Waals surface area (Å²) < 4.78 is 5.26.